The van der Waals surface area contributed by atoms with E-state index in [9.17, 15) is 0 Å². The first-order valence-corrected chi connectivity index (χ1v) is 10.2. The van der Waals surface area contributed by atoms with Gasteiger partial charge in [0.1, 0.15) is 12.4 Å². The molecule has 0 atom stereocenters. The van der Waals surface area contributed by atoms with E-state index < -0.39 is 0 Å². The molecule has 0 radical (unpaired) electrons. The quantitative estimate of drug-likeness (QED) is 0.391. The third kappa shape index (κ3) is 6.65. The maximum absolute atomic E-state index is 5.40. The molecule has 0 spiro atoms. The highest BCUT2D eigenvalue weighted by atomic mass is 16.5. The van der Waals surface area contributed by atoms with Gasteiger partial charge in [-0.1, -0.05) is 30.3 Å². The normalized spacial score (nSPS) is 15.5. The van der Waals surface area contributed by atoms with Crippen LogP contribution in [0.4, 0.5) is 0 Å². The number of hydrogen-bond donors (Lipinski definition) is 2. The number of rotatable bonds is 9. The number of aromatic nitrogens is 2. The van der Waals surface area contributed by atoms with Crippen LogP contribution in [0.25, 0.3) is 0 Å². The van der Waals surface area contributed by atoms with Crippen LogP contribution in [0.1, 0.15) is 24.7 Å². The lowest BCUT2D eigenvalue weighted by atomic mass is 10.2. The lowest BCUT2D eigenvalue weighted by molar-refractivity contribution is 0.0376. The van der Waals surface area contributed by atoms with Crippen molar-refractivity contribution >= 4 is 5.96 Å². The van der Waals surface area contributed by atoms with Crippen LogP contribution in [0.2, 0.25) is 0 Å². The van der Waals surface area contributed by atoms with Crippen LogP contribution in [-0.4, -0.2) is 66.3 Å². The van der Waals surface area contributed by atoms with Gasteiger partial charge in [-0.2, -0.15) is 0 Å². The van der Waals surface area contributed by atoms with E-state index in [0.29, 0.717) is 6.54 Å². The Morgan fingerprint density at radius 3 is 2.79 bits per heavy atom. The molecule has 1 aromatic carbocycles. The van der Waals surface area contributed by atoms with Crippen LogP contribution in [0.3, 0.4) is 0 Å². The average Bonchev–Trinajstić information content (AvgIpc) is 3.17. The van der Waals surface area contributed by atoms with Gasteiger partial charge in [0.2, 0.25) is 0 Å². The van der Waals surface area contributed by atoms with Gasteiger partial charge < -0.3 is 19.9 Å². The van der Waals surface area contributed by atoms with E-state index in [-0.39, 0.29) is 0 Å². The Labute approximate surface area is 167 Å². The summed E-state index contributed by atoms with van der Waals surface area (Å²) in [6, 6.07) is 10.4. The Bertz CT molecular complexity index is 709. The molecule has 7 heteroatoms. The summed E-state index contributed by atoms with van der Waals surface area (Å²) in [5.41, 5.74) is 1.26. The smallest absolute Gasteiger partial charge is 0.191 e. The first-order valence-electron chi connectivity index (χ1n) is 10.2. The van der Waals surface area contributed by atoms with Crippen LogP contribution in [0.15, 0.2) is 47.7 Å². The predicted octanol–water partition coefficient (Wildman–Crippen LogP) is 1.71. The molecule has 1 aliphatic rings. The molecule has 0 bridgehead atoms. The van der Waals surface area contributed by atoms with Gasteiger partial charge in [-0.15, -0.1) is 0 Å². The molecule has 2 N–H and O–H groups in total. The lowest BCUT2D eigenvalue weighted by Gasteiger charge is -2.26. The zero-order valence-electron chi connectivity index (χ0n) is 16.8. The number of nitrogens with one attached hydrogen (secondary N) is 2. The number of imidazole rings is 1. The summed E-state index contributed by atoms with van der Waals surface area (Å²) in [6.45, 7) is 10.1. The molecular formula is C21H32N6O. The van der Waals surface area contributed by atoms with Crippen molar-refractivity contribution in [3.8, 4) is 0 Å². The standard InChI is InChI=1S/C21H32N6O/c1-2-22-21(24-9-6-11-26-13-15-28-16-14-26)25-17-20-23-10-12-27(20)18-19-7-4-3-5-8-19/h3-5,7-8,10,12H,2,6,9,11,13-18H2,1H3,(H2,22,24,25). The fourth-order valence-electron chi connectivity index (χ4n) is 3.24. The second kappa shape index (κ2) is 11.5. The predicted molar refractivity (Wildman–Crippen MR) is 112 cm³/mol. The SMILES string of the molecule is CCNC(=NCc1nccn1Cc1ccccc1)NCCCN1CCOCC1. The number of guanidine groups is 1. The largest absolute Gasteiger partial charge is 0.379 e. The second-order valence-corrected chi connectivity index (χ2v) is 6.89. The Hall–Kier alpha value is -2.38. The summed E-state index contributed by atoms with van der Waals surface area (Å²) in [7, 11) is 0. The molecular weight excluding hydrogens is 352 g/mol. The number of hydrogen-bond acceptors (Lipinski definition) is 4. The molecule has 2 aromatic rings. The van der Waals surface area contributed by atoms with Crippen LogP contribution in [0, 0.1) is 0 Å². The number of nitrogens with zero attached hydrogens (tertiary/aromatic N) is 4. The van der Waals surface area contributed by atoms with Crippen molar-refractivity contribution in [3.05, 3.63) is 54.1 Å². The molecule has 3 rings (SSSR count). The topological polar surface area (TPSA) is 66.7 Å². The molecule has 2 heterocycles. The Morgan fingerprint density at radius 1 is 1.18 bits per heavy atom. The molecule has 28 heavy (non-hydrogen) atoms. The van der Waals surface area contributed by atoms with Crippen molar-refractivity contribution in [3.63, 3.8) is 0 Å². The molecule has 0 saturated carbocycles. The van der Waals surface area contributed by atoms with Crippen LogP contribution < -0.4 is 10.6 Å². The molecule has 0 aliphatic carbocycles. The third-order valence-corrected chi connectivity index (χ3v) is 4.77. The zero-order valence-corrected chi connectivity index (χ0v) is 16.8. The first-order chi connectivity index (χ1) is 13.8. The fraction of sp³-hybridized carbons (Fsp3) is 0.524. The van der Waals surface area contributed by atoms with Crippen molar-refractivity contribution in [2.45, 2.75) is 26.4 Å². The molecule has 7 nitrogen and oxygen atoms in total. The molecule has 1 fully saturated rings. The average molecular weight is 385 g/mol. The van der Waals surface area contributed by atoms with E-state index in [1.807, 2.05) is 18.5 Å². The lowest BCUT2D eigenvalue weighted by Crippen LogP contribution is -2.40. The highest BCUT2D eigenvalue weighted by Gasteiger charge is 2.09. The highest BCUT2D eigenvalue weighted by molar-refractivity contribution is 5.79. The Morgan fingerprint density at radius 2 is 2.00 bits per heavy atom. The summed E-state index contributed by atoms with van der Waals surface area (Å²) >= 11 is 0. The van der Waals surface area contributed by atoms with Crippen LogP contribution in [-0.2, 0) is 17.8 Å². The minimum absolute atomic E-state index is 0.554. The van der Waals surface area contributed by atoms with Gasteiger partial charge in [0, 0.05) is 45.1 Å². The van der Waals surface area contributed by atoms with Crippen molar-refractivity contribution in [1.82, 2.24) is 25.1 Å². The van der Waals surface area contributed by atoms with E-state index in [0.717, 1.165) is 70.7 Å². The molecule has 1 aromatic heterocycles. The second-order valence-electron chi connectivity index (χ2n) is 6.89. The summed E-state index contributed by atoms with van der Waals surface area (Å²) in [5.74, 6) is 1.81. The van der Waals surface area contributed by atoms with Crippen molar-refractivity contribution in [1.29, 1.82) is 0 Å². The molecule has 0 unspecified atom stereocenters. The first kappa shape index (κ1) is 20.4. The van der Waals surface area contributed by atoms with Gasteiger partial charge in [0.25, 0.3) is 0 Å². The van der Waals surface area contributed by atoms with Gasteiger partial charge in [0.05, 0.1) is 13.2 Å². The zero-order chi connectivity index (χ0) is 19.4. The van der Waals surface area contributed by atoms with Crippen molar-refractivity contribution < 1.29 is 4.74 Å². The van der Waals surface area contributed by atoms with E-state index in [4.69, 9.17) is 9.73 Å². The monoisotopic (exact) mass is 384 g/mol. The third-order valence-electron chi connectivity index (χ3n) is 4.77. The van der Waals surface area contributed by atoms with E-state index >= 15 is 0 Å². The molecule has 152 valence electrons. The van der Waals surface area contributed by atoms with Gasteiger partial charge in [-0.05, 0) is 25.5 Å². The Balaban J connectivity index is 1.48. The molecule has 0 amide bonds. The number of aliphatic imine (C=N–C) groups is 1. The minimum atomic E-state index is 0.554. The van der Waals surface area contributed by atoms with Gasteiger partial charge in [0.15, 0.2) is 5.96 Å². The van der Waals surface area contributed by atoms with Crippen LogP contribution in [0.5, 0.6) is 0 Å². The number of benzene rings is 1. The highest BCUT2D eigenvalue weighted by Crippen LogP contribution is 2.06. The van der Waals surface area contributed by atoms with Crippen LogP contribution >= 0.6 is 0 Å². The fourth-order valence-corrected chi connectivity index (χ4v) is 3.24. The Kier molecular flexibility index (Phi) is 8.33. The summed E-state index contributed by atoms with van der Waals surface area (Å²) < 4.78 is 7.55. The maximum atomic E-state index is 5.40. The van der Waals surface area contributed by atoms with Gasteiger partial charge in [-0.3, -0.25) is 4.90 Å². The molecule has 1 aliphatic heterocycles. The summed E-state index contributed by atoms with van der Waals surface area (Å²) in [4.78, 5) is 11.7. The van der Waals surface area contributed by atoms with Gasteiger partial charge in [-0.25, -0.2) is 9.98 Å². The molecule has 1 saturated heterocycles. The summed E-state index contributed by atoms with van der Waals surface area (Å²) in [6.07, 6.45) is 4.95. The minimum Gasteiger partial charge on any atom is -0.379 e. The summed E-state index contributed by atoms with van der Waals surface area (Å²) in [5, 5.41) is 6.76. The number of ether oxygens (including phenoxy) is 1. The van der Waals surface area contributed by atoms with Crippen molar-refractivity contribution in [2.75, 3.05) is 45.9 Å². The van der Waals surface area contributed by atoms with E-state index in [1.165, 1.54) is 5.56 Å². The van der Waals surface area contributed by atoms with E-state index in [1.54, 1.807) is 0 Å². The van der Waals surface area contributed by atoms with Gasteiger partial charge >= 0.3 is 0 Å². The van der Waals surface area contributed by atoms with E-state index in [2.05, 4.69) is 56.3 Å². The maximum Gasteiger partial charge on any atom is 0.191 e. The van der Waals surface area contributed by atoms with Crippen molar-refractivity contribution in [2.24, 2.45) is 4.99 Å². The number of morpholine rings is 1.